The number of nitrogens with zero attached hydrogens (tertiary/aromatic N) is 3. The summed E-state index contributed by atoms with van der Waals surface area (Å²) < 4.78 is 85.2. The van der Waals surface area contributed by atoms with Gasteiger partial charge in [-0.2, -0.15) is 18.4 Å². The van der Waals surface area contributed by atoms with Crippen molar-refractivity contribution < 1.29 is 31.1 Å². The summed E-state index contributed by atoms with van der Waals surface area (Å²) in [5.74, 6) is -0.444. The molecule has 0 spiro atoms. The maximum atomic E-state index is 13.6. The van der Waals surface area contributed by atoms with E-state index < -0.39 is 24.3 Å². The Balaban J connectivity index is 1.96. The molecule has 2 aliphatic rings. The molecule has 0 amide bonds. The predicted octanol–water partition coefficient (Wildman–Crippen LogP) is 6.69. The van der Waals surface area contributed by atoms with E-state index in [9.17, 15) is 31.6 Å². The molecule has 1 aliphatic heterocycles. The quantitative estimate of drug-likeness (QED) is 0.469. The van der Waals surface area contributed by atoms with E-state index in [-0.39, 0.29) is 23.8 Å². The lowest BCUT2D eigenvalue weighted by atomic mass is 10.1. The number of allylic oxidation sites excluding steroid dienone is 2. The zero-order valence-corrected chi connectivity index (χ0v) is 17.7. The SMILES string of the molecule is C[C@H](N1CC=CC=C1c1c(C#N)c2ccc(OC(F)(F)F)cc2n1C1CCCC1)C(F)(F)F. The molecule has 1 saturated carbocycles. The van der Waals surface area contributed by atoms with Gasteiger partial charge in [0.2, 0.25) is 0 Å². The normalized spacial score (nSPS) is 18.5. The van der Waals surface area contributed by atoms with Crippen molar-refractivity contribution in [3.63, 3.8) is 0 Å². The highest BCUT2D eigenvalue weighted by Gasteiger charge is 2.42. The van der Waals surface area contributed by atoms with Gasteiger partial charge in [-0.3, -0.25) is 0 Å². The number of fused-ring (bicyclic) bond motifs is 1. The third kappa shape index (κ3) is 4.41. The van der Waals surface area contributed by atoms with E-state index >= 15 is 0 Å². The van der Waals surface area contributed by atoms with Crippen LogP contribution in [-0.2, 0) is 0 Å². The van der Waals surface area contributed by atoms with Gasteiger partial charge >= 0.3 is 12.5 Å². The van der Waals surface area contributed by atoms with Gasteiger partial charge in [-0.15, -0.1) is 13.2 Å². The van der Waals surface area contributed by atoms with Crippen LogP contribution in [0, 0.1) is 11.3 Å². The number of rotatable bonds is 4. The number of hydrogen-bond donors (Lipinski definition) is 0. The van der Waals surface area contributed by atoms with Crippen molar-refractivity contribution in [3.05, 3.63) is 47.7 Å². The first-order valence-electron chi connectivity index (χ1n) is 10.6. The summed E-state index contributed by atoms with van der Waals surface area (Å²) in [6, 6.07) is 3.80. The van der Waals surface area contributed by atoms with Crippen LogP contribution in [0.2, 0.25) is 0 Å². The third-order valence-electron chi connectivity index (χ3n) is 6.20. The lowest BCUT2D eigenvalue weighted by Crippen LogP contribution is -2.43. The van der Waals surface area contributed by atoms with Gasteiger partial charge in [0.15, 0.2) is 0 Å². The average Bonchev–Trinajstić information content (AvgIpc) is 3.36. The summed E-state index contributed by atoms with van der Waals surface area (Å²) >= 11 is 0. The molecule has 33 heavy (non-hydrogen) atoms. The molecular weight excluding hydrogens is 448 g/mol. The summed E-state index contributed by atoms with van der Waals surface area (Å²) in [5, 5.41) is 10.4. The number of nitriles is 1. The molecular formula is C23H21F6N3O. The number of ether oxygens (including phenoxy) is 1. The molecule has 0 radical (unpaired) electrons. The van der Waals surface area contributed by atoms with Gasteiger partial charge in [0, 0.05) is 24.0 Å². The lowest BCUT2D eigenvalue weighted by Gasteiger charge is -2.36. The van der Waals surface area contributed by atoms with Crippen LogP contribution in [0.1, 0.15) is 49.9 Å². The topological polar surface area (TPSA) is 41.2 Å². The fraction of sp³-hybridized carbons (Fsp3) is 0.435. The van der Waals surface area contributed by atoms with Gasteiger partial charge in [-0.05, 0) is 38.0 Å². The standard InChI is InChI=1S/C23H21F6N3O/c1-14(22(24,25)26)31-11-5-4-8-19(31)21-18(13-30)17-10-9-16(33-23(27,28)29)12-20(17)32(21)15-6-2-3-7-15/h4-5,8-10,12,14-15H,2-3,6-7,11H2,1H3/t14-/m0/s1. The van der Waals surface area contributed by atoms with Gasteiger partial charge in [0.1, 0.15) is 17.9 Å². The first-order valence-corrected chi connectivity index (χ1v) is 10.6. The second-order valence-electron chi connectivity index (χ2n) is 8.22. The molecule has 0 N–H and O–H groups in total. The number of hydrogen-bond acceptors (Lipinski definition) is 3. The second-order valence-corrected chi connectivity index (χ2v) is 8.22. The summed E-state index contributed by atoms with van der Waals surface area (Å²) in [7, 11) is 0. The van der Waals surface area contributed by atoms with Gasteiger partial charge < -0.3 is 14.2 Å². The van der Waals surface area contributed by atoms with E-state index in [0.717, 1.165) is 25.8 Å². The van der Waals surface area contributed by atoms with Gasteiger partial charge in [0.05, 0.1) is 22.5 Å². The van der Waals surface area contributed by atoms with E-state index in [1.165, 1.54) is 23.1 Å². The van der Waals surface area contributed by atoms with E-state index in [4.69, 9.17) is 0 Å². The molecule has 1 fully saturated rings. The summed E-state index contributed by atoms with van der Waals surface area (Å²) in [5.41, 5.74) is 0.992. The van der Waals surface area contributed by atoms with Crippen LogP contribution in [0.4, 0.5) is 26.3 Å². The van der Waals surface area contributed by atoms with Crippen molar-refractivity contribution in [2.75, 3.05) is 6.54 Å². The maximum Gasteiger partial charge on any atom is 0.573 e. The van der Waals surface area contributed by atoms with Crippen LogP contribution in [0.25, 0.3) is 16.6 Å². The summed E-state index contributed by atoms with van der Waals surface area (Å²) in [4.78, 5) is 1.17. The van der Waals surface area contributed by atoms with Crippen LogP contribution in [-0.4, -0.2) is 34.6 Å². The van der Waals surface area contributed by atoms with E-state index in [0.29, 0.717) is 29.4 Å². The van der Waals surface area contributed by atoms with Crippen LogP contribution < -0.4 is 4.74 Å². The third-order valence-corrected chi connectivity index (χ3v) is 6.20. The number of alkyl halides is 6. The van der Waals surface area contributed by atoms with Gasteiger partial charge in [0.25, 0.3) is 0 Å². The highest BCUT2D eigenvalue weighted by molar-refractivity contribution is 5.94. The lowest BCUT2D eigenvalue weighted by molar-refractivity contribution is -0.274. The molecule has 0 unspecified atom stereocenters. The molecule has 1 atom stereocenters. The highest BCUT2D eigenvalue weighted by atomic mass is 19.4. The fourth-order valence-electron chi connectivity index (χ4n) is 4.68. The minimum absolute atomic E-state index is 0.00793. The number of benzene rings is 1. The largest absolute Gasteiger partial charge is 0.573 e. The molecule has 1 aliphatic carbocycles. The van der Waals surface area contributed by atoms with Crippen LogP contribution >= 0.6 is 0 Å². The van der Waals surface area contributed by atoms with Crippen molar-refractivity contribution in [2.24, 2.45) is 0 Å². The molecule has 0 saturated heterocycles. The molecule has 4 nitrogen and oxygen atoms in total. The number of halogens is 6. The zero-order valence-electron chi connectivity index (χ0n) is 17.7. The van der Waals surface area contributed by atoms with Crippen LogP contribution in [0.15, 0.2) is 36.4 Å². The van der Waals surface area contributed by atoms with Crippen LogP contribution in [0.5, 0.6) is 5.75 Å². The zero-order chi connectivity index (χ0) is 24.0. The molecule has 4 rings (SSSR count). The smallest absolute Gasteiger partial charge is 0.406 e. The molecule has 2 heterocycles. The molecule has 0 bridgehead atoms. The van der Waals surface area contributed by atoms with Gasteiger partial charge in [-0.1, -0.05) is 25.0 Å². The minimum Gasteiger partial charge on any atom is -0.406 e. The monoisotopic (exact) mass is 469 g/mol. The number of aromatic nitrogens is 1. The van der Waals surface area contributed by atoms with Crippen molar-refractivity contribution in [1.82, 2.24) is 9.47 Å². The Bertz CT molecular complexity index is 1150. The Morgan fingerprint density at radius 3 is 2.42 bits per heavy atom. The van der Waals surface area contributed by atoms with Crippen molar-refractivity contribution in [3.8, 4) is 11.8 Å². The van der Waals surface area contributed by atoms with Gasteiger partial charge in [-0.25, -0.2) is 0 Å². The first-order chi connectivity index (χ1) is 15.5. The highest BCUT2D eigenvalue weighted by Crippen LogP contribution is 2.43. The summed E-state index contributed by atoms with van der Waals surface area (Å²) in [6.45, 7) is 1.04. The molecule has 176 valence electrons. The van der Waals surface area contributed by atoms with Crippen molar-refractivity contribution in [1.29, 1.82) is 5.26 Å². The predicted molar refractivity (Wildman–Crippen MR) is 110 cm³/mol. The first kappa shape index (κ1) is 23.1. The Morgan fingerprint density at radius 1 is 1.12 bits per heavy atom. The minimum atomic E-state index is -4.89. The van der Waals surface area contributed by atoms with Crippen molar-refractivity contribution in [2.45, 2.75) is 57.2 Å². The van der Waals surface area contributed by atoms with E-state index in [2.05, 4.69) is 10.8 Å². The van der Waals surface area contributed by atoms with Crippen LogP contribution in [0.3, 0.4) is 0 Å². The second kappa shape index (κ2) is 8.36. The Kier molecular flexibility index (Phi) is 5.85. The fourth-order valence-corrected chi connectivity index (χ4v) is 4.68. The molecule has 1 aromatic heterocycles. The van der Waals surface area contributed by atoms with E-state index in [1.807, 2.05) is 0 Å². The maximum absolute atomic E-state index is 13.6. The molecule has 2 aromatic rings. The Labute approximate surface area is 186 Å². The summed E-state index contributed by atoms with van der Waals surface area (Å²) in [6.07, 6.45) is -1.46. The Morgan fingerprint density at radius 2 is 1.82 bits per heavy atom. The molecule has 1 aromatic carbocycles. The Hall–Kier alpha value is -3.09. The van der Waals surface area contributed by atoms with E-state index in [1.54, 1.807) is 16.7 Å². The molecule has 10 heteroatoms. The van der Waals surface area contributed by atoms with Crippen molar-refractivity contribution >= 4 is 16.6 Å². The average molecular weight is 469 g/mol.